The molecule has 2 bridgehead atoms. The Bertz CT molecular complexity index is 463. The van der Waals surface area contributed by atoms with Gasteiger partial charge in [0.1, 0.15) is 0 Å². The second kappa shape index (κ2) is 4.66. The third-order valence-electron chi connectivity index (χ3n) is 3.71. The Morgan fingerprint density at radius 2 is 2.44 bits per heavy atom. The Hall–Kier alpha value is -1.46. The summed E-state index contributed by atoms with van der Waals surface area (Å²) in [6.07, 6.45) is 5.29. The van der Waals surface area contributed by atoms with Gasteiger partial charge in [-0.05, 0) is 31.4 Å². The van der Waals surface area contributed by atoms with Crippen molar-refractivity contribution in [2.75, 3.05) is 0 Å². The molecule has 0 saturated carbocycles. The molecule has 1 aromatic heterocycles. The van der Waals surface area contributed by atoms with Crippen molar-refractivity contribution < 1.29 is 9.53 Å². The first-order valence-electron chi connectivity index (χ1n) is 6.37. The summed E-state index contributed by atoms with van der Waals surface area (Å²) in [5, 5.41) is 3.05. The zero-order valence-corrected chi connectivity index (χ0v) is 10.1. The fourth-order valence-corrected chi connectivity index (χ4v) is 2.77. The second-order valence-corrected chi connectivity index (χ2v) is 4.93. The van der Waals surface area contributed by atoms with Gasteiger partial charge in [0.2, 0.25) is 0 Å². The number of fused-ring (bicyclic) bond motifs is 2. The lowest BCUT2D eigenvalue weighted by Gasteiger charge is -2.20. The fraction of sp³-hybridized carbons (Fsp3) is 0.538. The molecule has 3 N–H and O–H groups in total. The molecule has 5 nitrogen and oxygen atoms in total. The highest BCUT2D eigenvalue weighted by molar-refractivity contribution is 5.94. The average molecular weight is 247 g/mol. The van der Waals surface area contributed by atoms with Crippen LogP contribution < -0.4 is 11.1 Å². The number of hydrogen-bond acceptors (Lipinski definition) is 4. The minimum Gasteiger partial charge on any atom is -0.373 e. The van der Waals surface area contributed by atoms with E-state index in [-0.39, 0.29) is 18.1 Å². The molecular formula is C13H17N3O2. The monoisotopic (exact) mass is 247 g/mol. The van der Waals surface area contributed by atoms with Crippen molar-refractivity contribution in [2.24, 2.45) is 5.73 Å². The molecule has 2 aliphatic heterocycles. The van der Waals surface area contributed by atoms with Gasteiger partial charge >= 0.3 is 0 Å². The Labute approximate surface area is 106 Å². The van der Waals surface area contributed by atoms with E-state index in [1.54, 1.807) is 18.3 Å². The van der Waals surface area contributed by atoms with Crippen LogP contribution in [-0.2, 0) is 11.3 Å². The van der Waals surface area contributed by atoms with Crippen LogP contribution in [0.25, 0.3) is 0 Å². The predicted octanol–water partition coefficient (Wildman–Crippen LogP) is 0.590. The first-order valence-corrected chi connectivity index (χ1v) is 6.37. The SMILES string of the molecule is NCc1cc(C(=O)NC2CC3CCC2O3)ccn1. The summed E-state index contributed by atoms with van der Waals surface area (Å²) in [6, 6.07) is 3.61. The second-order valence-electron chi connectivity index (χ2n) is 4.93. The molecule has 3 unspecified atom stereocenters. The van der Waals surface area contributed by atoms with Crippen molar-refractivity contribution in [3.8, 4) is 0 Å². The van der Waals surface area contributed by atoms with Gasteiger partial charge in [-0.15, -0.1) is 0 Å². The minimum atomic E-state index is -0.0618. The number of hydrogen-bond donors (Lipinski definition) is 2. The normalized spacial score (nSPS) is 29.5. The van der Waals surface area contributed by atoms with Crippen LogP contribution in [0.15, 0.2) is 18.3 Å². The molecular weight excluding hydrogens is 230 g/mol. The lowest BCUT2D eigenvalue weighted by atomic mass is 9.95. The number of carbonyl (C=O) groups is 1. The molecule has 2 saturated heterocycles. The number of nitrogens with zero attached hydrogens (tertiary/aromatic N) is 1. The zero-order chi connectivity index (χ0) is 12.5. The number of pyridine rings is 1. The van der Waals surface area contributed by atoms with Gasteiger partial charge in [0, 0.05) is 18.3 Å². The van der Waals surface area contributed by atoms with Gasteiger partial charge in [-0.3, -0.25) is 9.78 Å². The molecule has 3 atom stereocenters. The van der Waals surface area contributed by atoms with Crippen LogP contribution >= 0.6 is 0 Å². The third kappa shape index (κ3) is 2.11. The number of amides is 1. The quantitative estimate of drug-likeness (QED) is 0.819. The Balaban J connectivity index is 1.67. The fourth-order valence-electron chi connectivity index (χ4n) is 2.77. The zero-order valence-electron chi connectivity index (χ0n) is 10.1. The molecule has 0 spiro atoms. The standard InChI is InChI=1S/C13H17N3O2/c14-7-9-5-8(3-4-15-9)13(17)16-11-6-10-1-2-12(11)18-10/h3-5,10-12H,1-2,6-7,14H2,(H,16,17). The highest BCUT2D eigenvalue weighted by Crippen LogP contribution is 2.34. The maximum absolute atomic E-state index is 12.1. The van der Waals surface area contributed by atoms with E-state index in [2.05, 4.69) is 10.3 Å². The smallest absolute Gasteiger partial charge is 0.251 e. The summed E-state index contributed by atoms with van der Waals surface area (Å²) < 4.78 is 5.72. The Morgan fingerprint density at radius 1 is 1.56 bits per heavy atom. The van der Waals surface area contributed by atoms with Gasteiger partial charge in [0.05, 0.1) is 23.9 Å². The molecule has 1 amide bonds. The van der Waals surface area contributed by atoms with E-state index >= 15 is 0 Å². The van der Waals surface area contributed by atoms with E-state index in [1.165, 1.54) is 0 Å². The van der Waals surface area contributed by atoms with Crippen LogP contribution in [-0.4, -0.2) is 29.1 Å². The van der Waals surface area contributed by atoms with Crippen molar-refractivity contribution in [1.29, 1.82) is 0 Å². The van der Waals surface area contributed by atoms with Crippen LogP contribution in [0, 0.1) is 0 Å². The van der Waals surface area contributed by atoms with Gasteiger partial charge in [-0.25, -0.2) is 0 Å². The van der Waals surface area contributed by atoms with Crippen molar-refractivity contribution >= 4 is 5.91 Å². The first kappa shape index (κ1) is 11.6. The number of rotatable bonds is 3. The number of nitrogens with two attached hydrogens (primary N) is 1. The molecule has 2 aliphatic rings. The molecule has 3 heterocycles. The van der Waals surface area contributed by atoms with E-state index < -0.39 is 0 Å². The molecule has 5 heteroatoms. The van der Waals surface area contributed by atoms with Crippen molar-refractivity contribution in [2.45, 2.75) is 44.1 Å². The van der Waals surface area contributed by atoms with Gasteiger partial charge in [0.15, 0.2) is 0 Å². The summed E-state index contributed by atoms with van der Waals surface area (Å²) in [5.41, 5.74) is 6.86. The summed E-state index contributed by atoms with van der Waals surface area (Å²) in [5.74, 6) is -0.0618. The summed E-state index contributed by atoms with van der Waals surface area (Å²) >= 11 is 0. The molecule has 3 rings (SSSR count). The molecule has 0 radical (unpaired) electrons. The molecule has 1 aromatic rings. The first-order chi connectivity index (χ1) is 8.76. The number of aromatic nitrogens is 1. The predicted molar refractivity (Wildman–Crippen MR) is 65.9 cm³/mol. The summed E-state index contributed by atoms with van der Waals surface area (Å²) in [7, 11) is 0. The number of ether oxygens (including phenoxy) is 1. The van der Waals surface area contributed by atoms with Crippen LogP contribution in [0.1, 0.15) is 35.3 Å². The summed E-state index contributed by atoms with van der Waals surface area (Å²) in [4.78, 5) is 16.2. The highest BCUT2D eigenvalue weighted by Gasteiger charge is 2.41. The largest absolute Gasteiger partial charge is 0.373 e. The minimum absolute atomic E-state index is 0.0618. The lowest BCUT2D eigenvalue weighted by Crippen LogP contribution is -2.41. The molecule has 0 aliphatic carbocycles. The third-order valence-corrected chi connectivity index (χ3v) is 3.71. The van der Waals surface area contributed by atoms with E-state index in [0.717, 1.165) is 25.0 Å². The topological polar surface area (TPSA) is 77.2 Å². The maximum atomic E-state index is 12.1. The Morgan fingerprint density at radius 3 is 3.11 bits per heavy atom. The number of carbonyl (C=O) groups excluding carboxylic acids is 1. The van der Waals surface area contributed by atoms with Crippen molar-refractivity contribution in [3.05, 3.63) is 29.6 Å². The van der Waals surface area contributed by atoms with E-state index in [0.29, 0.717) is 18.2 Å². The van der Waals surface area contributed by atoms with Gasteiger partial charge in [-0.2, -0.15) is 0 Å². The van der Waals surface area contributed by atoms with Crippen LogP contribution in [0.3, 0.4) is 0 Å². The molecule has 2 fully saturated rings. The van der Waals surface area contributed by atoms with E-state index in [9.17, 15) is 4.79 Å². The number of nitrogens with one attached hydrogen (secondary N) is 1. The lowest BCUT2D eigenvalue weighted by molar-refractivity contribution is 0.0841. The van der Waals surface area contributed by atoms with Crippen LogP contribution in [0.2, 0.25) is 0 Å². The summed E-state index contributed by atoms with van der Waals surface area (Å²) in [6.45, 7) is 0.346. The van der Waals surface area contributed by atoms with E-state index in [4.69, 9.17) is 10.5 Å². The highest BCUT2D eigenvalue weighted by atomic mass is 16.5. The molecule has 96 valence electrons. The van der Waals surface area contributed by atoms with Gasteiger partial charge < -0.3 is 15.8 Å². The van der Waals surface area contributed by atoms with Crippen LogP contribution in [0.4, 0.5) is 0 Å². The van der Waals surface area contributed by atoms with Crippen molar-refractivity contribution in [3.63, 3.8) is 0 Å². The molecule has 18 heavy (non-hydrogen) atoms. The Kier molecular flexibility index (Phi) is 3.01. The van der Waals surface area contributed by atoms with Gasteiger partial charge in [-0.1, -0.05) is 0 Å². The molecule has 0 aromatic carbocycles. The van der Waals surface area contributed by atoms with Crippen LogP contribution in [0.5, 0.6) is 0 Å². The van der Waals surface area contributed by atoms with E-state index in [1.807, 2.05) is 0 Å². The van der Waals surface area contributed by atoms with Crippen molar-refractivity contribution in [1.82, 2.24) is 10.3 Å². The van der Waals surface area contributed by atoms with Gasteiger partial charge in [0.25, 0.3) is 5.91 Å². The average Bonchev–Trinajstić information content (AvgIpc) is 3.01. The maximum Gasteiger partial charge on any atom is 0.251 e.